The number of carbonyl (C=O) groups is 1. The van der Waals surface area contributed by atoms with Gasteiger partial charge in [-0.15, -0.1) is 6.58 Å². The summed E-state index contributed by atoms with van der Waals surface area (Å²) >= 11 is 0. The Labute approximate surface area is 142 Å². The van der Waals surface area contributed by atoms with Crippen molar-refractivity contribution in [1.82, 2.24) is 15.0 Å². The lowest BCUT2D eigenvalue weighted by molar-refractivity contribution is 0.252. The van der Waals surface area contributed by atoms with Gasteiger partial charge in [-0.25, -0.2) is 15.0 Å². The highest BCUT2D eigenvalue weighted by molar-refractivity contribution is 6.01. The maximum Gasteiger partial charge on any atom is 0.339 e. The zero-order chi connectivity index (χ0) is 18.4. The number of H-pyrrole nitrogens is 1. The molecule has 9 heteroatoms. The minimum Gasteiger partial charge on any atom is -0.494 e. The number of benzene rings is 1. The summed E-state index contributed by atoms with van der Waals surface area (Å²) in [5, 5.41) is 16.5. The molecule has 1 heterocycles. The zero-order valence-corrected chi connectivity index (χ0v) is 13.4. The number of anilines is 1. The topological polar surface area (TPSA) is 129 Å². The standard InChI is InChI=1S/C16H17N5O4/c1-3-9-21-14(23)12(13(22)18-16(21)25)10(2)19-20-15(24)17-11-7-5-4-6-8-11/h3-8,23H,1,9H2,2H3,(H2,17,20,24)(H,18,22,25)/b19-10+. The molecule has 1 aromatic carbocycles. The van der Waals surface area contributed by atoms with Gasteiger partial charge in [0.25, 0.3) is 5.56 Å². The first-order chi connectivity index (χ1) is 11.9. The number of rotatable bonds is 5. The van der Waals surface area contributed by atoms with Crippen LogP contribution in [0.2, 0.25) is 0 Å². The predicted octanol–water partition coefficient (Wildman–Crippen LogP) is 0.974. The molecule has 9 nitrogen and oxygen atoms in total. The van der Waals surface area contributed by atoms with E-state index in [0.29, 0.717) is 5.69 Å². The molecule has 0 bridgehead atoms. The highest BCUT2D eigenvalue weighted by Gasteiger charge is 2.16. The van der Waals surface area contributed by atoms with Crippen molar-refractivity contribution >= 4 is 17.4 Å². The van der Waals surface area contributed by atoms with Crippen LogP contribution >= 0.6 is 0 Å². The van der Waals surface area contributed by atoms with E-state index in [0.717, 1.165) is 4.57 Å². The minimum atomic E-state index is -0.811. The Bertz CT molecular complexity index is 928. The molecular formula is C16H17N5O4. The molecule has 1 aromatic heterocycles. The monoisotopic (exact) mass is 343 g/mol. The van der Waals surface area contributed by atoms with Crippen molar-refractivity contribution < 1.29 is 9.90 Å². The molecule has 4 N–H and O–H groups in total. The second-order valence-corrected chi connectivity index (χ2v) is 4.99. The van der Waals surface area contributed by atoms with Gasteiger partial charge in [0.15, 0.2) is 0 Å². The number of aromatic amines is 1. The minimum absolute atomic E-state index is 0.00362. The third-order valence-corrected chi connectivity index (χ3v) is 3.20. The number of amides is 2. The first-order valence-corrected chi connectivity index (χ1v) is 7.27. The summed E-state index contributed by atoms with van der Waals surface area (Å²) in [4.78, 5) is 37.5. The van der Waals surface area contributed by atoms with E-state index >= 15 is 0 Å². The van der Waals surface area contributed by atoms with Crippen molar-refractivity contribution in [2.75, 3.05) is 5.32 Å². The number of aromatic hydroxyl groups is 1. The van der Waals surface area contributed by atoms with E-state index in [9.17, 15) is 19.5 Å². The van der Waals surface area contributed by atoms with Crippen LogP contribution in [0.5, 0.6) is 5.88 Å². The van der Waals surface area contributed by atoms with Crippen LogP contribution in [0.1, 0.15) is 12.5 Å². The number of aromatic nitrogens is 2. The Morgan fingerprint density at radius 3 is 2.68 bits per heavy atom. The second kappa shape index (κ2) is 7.77. The first kappa shape index (κ1) is 17.7. The molecule has 0 fully saturated rings. The van der Waals surface area contributed by atoms with Crippen LogP contribution in [-0.4, -0.2) is 26.4 Å². The number of nitrogens with zero attached hydrogens (tertiary/aromatic N) is 2. The fourth-order valence-electron chi connectivity index (χ4n) is 2.06. The van der Waals surface area contributed by atoms with E-state index in [1.165, 1.54) is 13.0 Å². The van der Waals surface area contributed by atoms with Gasteiger partial charge >= 0.3 is 11.7 Å². The van der Waals surface area contributed by atoms with Crippen molar-refractivity contribution in [3.63, 3.8) is 0 Å². The van der Waals surface area contributed by atoms with Crippen molar-refractivity contribution in [3.05, 3.63) is 69.4 Å². The number of hydrogen-bond donors (Lipinski definition) is 4. The molecule has 0 saturated heterocycles. The first-order valence-electron chi connectivity index (χ1n) is 7.27. The van der Waals surface area contributed by atoms with Gasteiger partial charge in [0.2, 0.25) is 5.88 Å². The van der Waals surface area contributed by atoms with Crippen molar-refractivity contribution in [3.8, 4) is 5.88 Å². The number of urea groups is 1. The van der Waals surface area contributed by atoms with Gasteiger partial charge < -0.3 is 10.4 Å². The number of allylic oxidation sites excluding steroid dienone is 1. The van der Waals surface area contributed by atoms with Crippen LogP contribution in [0.4, 0.5) is 10.5 Å². The van der Waals surface area contributed by atoms with Gasteiger partial charge in [0.05, 0.1) is 5.71 Å². The van der Waals surface area contributed by atoms with E-state index in [4.69, 9.17) is 0 Å². The van der Waals surface area contributed by atoms with Crippen LogP contribution in [-0.2, 0) is 6.54 Å². The molecule has 25 heavy (non-hydrogen) atoms. The summed E-state index contributed by atoms with van der Waals surface area (Å²) in [6.45, 7) is 4.89. The molecule has 2 amide bonds. The average molecular weight is 343 g/mol. The Morgan fingerprint density at radius 1 is 1.36 bits per heavy atom. The molecule has 0 aliphatic carbocycles. The molecule has 0 aliphatic rings. The summed E-state index contributed by atoms with van der Waals surface area (Å²) in [5.74, 6) is -0.555. The smallest absolute Gasteiger partial charge is 0.339 e. The molecule has 2 aromatic rings. The SMILES string of the molecule is C=CCn1c(O)c(/C(C)=N/NC(=O)Nc2ccccc2)c(=O)[nH]c1=O. The molecule has 0 radical (unpaired) electrons. The lowest BCUT2D eigenvalue weighted by Crippen LogP contribution is -2.34. The number of hydrogen-bond acceptors (Lipinski definition) is 5. The van der Waals surface area contributed by atoms with Gasteiger partial charge in [0.1, 0.15) is 5.56 Å². The van der Waals surface area contributed by atoms with E-state index in [2.05, 4.69) is 27.4 Å². The maximum atomic E-state index is 11.9. The van der Waals surface area contributed by atoms with Gasteiger partial charge in [-0.1, -0.05) is 24.3 Å². The summed E-state index contributed by atoms with van der Waals surface area (Å²) in [7, 11) is 0. The Kier molecular flexibility index (Phi) is 5.51. The molecule has 2 rings (SSSR count). The van der Waals surface area contributed by atoms with Gasteiger partial charge in [0, 0.05) is 12.2 Å². The molecule has 0 saturated carbocycles. The number of nitrogens with one attached hydrogen (secondary N) is 3. The van der Waals surface area contributed by atoms with E-state index in [-0.39, 0.29) is 17.8 Å². The van der Waals surface area contributed by atoms with Crippen LogP contribution in [0.15, 0.2) is 57.7 Å². The molecule has 0 spiro atoms. The molecule has 0 atom stereocenters. The lowest BCUT2D eigenvalue weighted by atomic mass is 10.2. The maximum absolute atomic E-state index is 11.9. The van der Waals surface area contributed by atoms with E-state index < -0.39 is 23.2 Å². The second-order valence-electron chi connectivity index (χ2n) is 4.99. The fourth-order valence-corrected chi connectivity index (χ4v) is 2.06. The predicted molar refractivity (Wildman–Crippen MR) is 94.0 cm³/mol. The highest BCUT2D eigenvalue weighted by Crippen LogP contribution is 2.11. The van der Waals surface area contributed by atoms with Gasteiger partial charge in [-0.2, -0.15) is 5.10 Å². The lowest BCUT2D eigenvalue weighted by Gasteiger charge is -2.09. The van der Waals surface area contributed by atoms with Crippen LogP contribution < -0.4 is 22.0 Å². The Morgan fingerprint density at radius 2 is 2.04 bits per heavy atom. The number of hydrazone groups is 1. The molecular weight excluding hydrogens is 326 g/mol. The number of para-hydroxylation sites is 1. The van der Waals surface area contributed by atoms with Crippen molar-refractivity contribution in [2.24, 2.45) is 5.10 Å². The van der Waals surface area contributed by atoms with Crippen molar-refractivity contribution in [2.45, 2.75) is 13.5 Å². The Balaban J connectivity index is 2.23. The van der Waals surface area contributed by atoms with Crippen LogP contribution in [0.3, 0.4) is 0 Å². The Hall–Kier alpha value is -3.62. The van der Waals surface area contributed by atoms with Gasteiger partial charge in [-0.3, -0.25) is 14.3 Å². The average Bonchev–Trinajstić information content (AvgIpc) is 2.57. The number of carbonyl (C=O) groups excluding carboxylic acids is 1. The highest BCUT2D eigenvalue weighted by atomic mass is 16.3. The summed E-state index contributed by atoms with van der Waals surface area (Å²) in [5.41, 5.74) is 1.01. The summed E-state index contributed by atoms with van der Waals surface area (Å²) in [6.07, 6.45) is 1.39. The van der Waals surface area contributed by atoms with Gasteiger partial charge in [-0.05, 0) is 19.1 Å². The quantitative estimate of drug-likeness (QED) is 0.366. The summed E-state index contributed by atoms with van der Waals surface area (Å²) < 4.78 is 0.923. The van der Waals surface area contributed by atoms with Crippen LogP contribution in [0, 0.1) is 0 Å². The molecule has 130 valence electrons. The third-order valence-electron chi connectivity index (χ3n) is 3.20. The molecule has 0 aliphatic heterocycles. The summed E-state index contributed by atoms with van der Waals surface area (Å²) in [6, 6.07) is 8.07. The van der Waals surface area contributed by atoms with E-state index in [1.807, 2.05) is 0 Å². The third kappa shape index (κ3) is 4.22. The van der Waals surface area contributed by atoms with E-state index in [1.54, 1.807) is 30.3 Å². The molecule has 0 unspecified atom stereocenters. The largest absolute Gasteiger partial charge is 0.494 e. The zero-order valence-electron chi connectivity index (χ0n) is 13.4. The normalized spacial score (nSPS) is 11.0. The van der Waals surface area contributed by atoms with Crippen LogP contribution in [0.25, 0.3) is 0 Å². The van der Waals surface area contributed by atoms with Crippen molar-refractivity contribution in [1.29, 1.82) is 0 Å². The fraction of sp³-hybridized carbons (Fsp3) is 0.125.